The predicted molar refractivity (Wildman–Crippen MR) is 69.6 cm³/mol. The van der Waals surface area contributed by atoms with E-state index in [-0.39, 0.29) is 23.1 Å². The zero-order valence-corrected chi connectivity index (χ0v) is 10.9. The number of benzene rings is 1. The highest BCUT2D eigenvalue weighted by molar-refractivity contribution is 7.99. The molecule has 1 rings (SSSR count). The molecular formula is C11H11ClFNO3S. The fourth-order valence-electron chi connectivity index (χ4n) is 1.10. The van der Waals surface area contributed by atoms with E-state index in [1.807, 2.05) is 0 Å². The number of carboxylic acids is 1. The number of thioether (sulfide) groups is 1. The van der Waals surface area contributed by atoms with Crippen LogP contribution in [0.25, 0.3) is 0 Å². The largest absolute Gasteiger partial charge is 0.481 e. The number of amides is 1. The molecule has 1 aromatic carbocycles. The first-order valence-corrected chi connectivity index (χ1v) is 6.56. The normalized spacial score (nSPS) is 10.1. The summed E-state index contributed by atoms with van der Waals surface area (Å²) < 4.78 is 12.8. The Kier molecular flexibility index (Phi) is 5.94. The van der Waals surface area contributed by atoms with Gasteiger partial charge in [-0.1, -0.05) is 11.6 Å². The average Bonchev–Trinajstić information content (AvgIpc) is 2.28. The number of carboxylic acid groups (broad SMARTS) is 1. The molecule has 98 valence electrons. The minimum absolute atomic E-state index is 0.00918. The Hall–Kier alpha value is -1.27. The Morgan fingerprint density at radius 2 is 2.17 bits per heavy atom. The molecule has 0 bridgehead atoms. The number of carbonyl (C=O) groups excluding carboxylic acids is 1. The van der Waals surface area contributed by atoms with Crippen LogP contribution in [0, 0.1) is 5.82 Å². The van der Waals surface area contributed by atoms with Gasteiger partial charge in [0.15, 0.2) is 0 Å². The summed E-state index contributed by atoms with van der Waals surface area (Å²) >= 11 is 6.95. The van der Waals surface area contributed by atoms with Crippen LogP contribution in [0.4, 0.5) is 10.1 Å². The fraction of sp³-hybridized carbons (Fsp3) is 0.273. The van der Waals surface area contributed by atoms with Gasteiger partial charge in [0, 0.05) is 5.75 Å². The molecule has 0 spiro atoms. The highest BCUT2D eigenvalue weighted by Crippen LogP contribution is 2.22. The highest BCUT2D eigenvalue weighted by Gasteiger charge is 2.07. The number of hydrogen-bond acceptors (Lipinski definition) is 3. The molecule has 0 fully saturated rings. The van der Waals surface area contributed by atoms with Gasteiger partial charge in [-0.25, -0.2) is 4.39 Å². The summed E-state index contributed by atoms with van der Waals surface area (Å²) in [5.74, 6) is -1.20. The van der Waals surface area contributed by atoms with Crippen LogP contribution in [0.5, 0.6) is 0 Å². The number of rotatable bonds is 6. The Bertz CT molecular complexity index is 456. The summed E-state index contributed by atoms with van der Waals surface area (Å²) in [5, 5.41) is 11.1. The molecule has 0 aliphatic carbocycles. The lowest BCUT2D eigenvalue weighted by Gasteiger charge is -2.06. The Balaban J connectivity index is 2.38. The van der Waals surface area contributed by atoms with Crippen LogP contribution < -0.4 is 5.32 Å². The van der Waals surface area contributed by atoms with Crippen molar-refractivity contribution in [2.75, 3.05) is 16.8 Å². The molecule has 0 aliphatic heterocycles. The van der Waals surface area contributed by atoms with Gasteiger partial charge in [0.2, 0.25) is 5.91 Å². The van der Waals surface area contributed by atoms with Crippen molar-refractivity contribution in [1.29, 1.82) is 0 Å². The monoisotopic (exact) mass is 291 g/mol. The molecule has 2 N–H and O–H groups in total. The van der Waals surface area contributed by atoms with Gasteiger partial charge in [-0.15, -0.1) is 0 Å². The molecule has 0 radical (unpaired) electrons. The predicted octanol–water partition coefficient (Wildman–Crippen LogP) is 2.63. The van der Waals surface area contributed by atoms with Crippen molar-refractivity contribution in [2.45, 2.75) is 6.42 Å². The molecule has 0 saturated carbocycles. The van der Waals surface area contributed by atoms with E-state index in [0.717, 1.165) is 6.07 Å². The SMILES string of the molecule is O=C(O)CCSCC(=O)Nc1ccc(F)cc1Cl. The van der Waals surface area contributed by atoms with Crippen LogP contribution >= 0.6 is 23.4 Å². The lowest BCUT2D eigenvalue weighted by molar-refractivity contribution is -0.136. The van der Waals surface area contributed by atoms with E-state index in [9.17, 15) is 14.0 Å². The Morgan fingerprint density at radius 3 is 2.78 bits per heavy atom. The number of hydrogen-bond donors (Lipinski definition) is 2. The Morgan fingerprint density at radius 1 is 1.44 bits per heavy atom. The van der Waals surface area contributed by atoms with Gasteiger partial charge >= 0.3 is 5.97 Å². The highest BCUT2D eigenvalue weighted by atomic mass is 35.5. The number of halogens is 2. The maximum absolute atomic E-state index is 12.8. The van der Waals surface area contributed by atoms with E-state index < -0.39 is 11.8 Å². The van der Waals surface area contributed by atoms with Gasteiger partial charge < -0.3 is 10.4 Å². The molecule has 1 aromatic rings. The van der Waals surface area contributed by atoms with Crippen molar-refractivity contribution >= 4 is 40.9 Å². The molecule has 0 saturated heterocycles. The molecule has 1 amide bonds. The van der Waals surface area contributed by atoms with Crippen molar-refractivity contribution in [3.63, 3.8) is 0 Å². The average molecular weight is 292 g/mol. The van der Waals surface area contributed by atoms with E-state index in [1.165, 1.54) is 23.9 Å². The minimum atomic E-state index is -0.899. The summed E-state index contributed by atoms with van der Waals surface area (Å²) in [5.41, 5.74) is 0.335. The lowest BCUT2D eigenvalue weighted by atomic mass is 10.3. The lowest BCUT2D eigenvalue weighted by Crippen LogP contribution is -2.15. The second-order valence-electron chi connectivity index (χ2n) is 3.37. The third-order valence-corrected chi connectivity index (χ3v) is 3.17. The molecule has 0 unspecified atom stereocenters. The number of carbonyl (C=O) groups is 2. The van der Waals surface area contributed by atoms with Crippen molar-refractivity contribution in [1.82, 2.24) is 0 Å². The smallest absolute Gasteiger partial charge is 0.304 e. The Labute approximate surface area is 113 Å². The maximum atomic E-state index is 12.8. The van der Waals surface area contributed by atoms with Crippen molar-refractivity contribution in [3.05, 3.63) is 29.0 Å². The van der Waals surface area contributed by atoms with Crippen molar-refractivity contribution in [2.24, 2.45) is 0 Å². The van der Waals surface area contributed by atoms with Gasteiger partial charge in [-0.2, -0.15) is 11.8 Å². The van der Waals surface area contributed by atoms with Gasteiger partial charge in [0.05, 0.1) is 22.9 Å². The van der Waals surface area contributed by atoms with Gasteiger partial charge in [-0.05, 0) is 18.2 Å². The quantitative estimate of drug-likeness (QED) is 0.791. The summed E-state index contributed by atoms with van der Waals surface area (Å²) in [6.45, 7) is 0. The minimum Gasteiger partial charge on any atom is -0.481 e. The summed E-state index contributed by atoms with van der Waals surface area (Å²) in [6.07, 6.45) is 0.00918. The standard InChI is InChI=1S/C11H11ClFNO3S/c12-8-5-7(13)1-2-9(8)14-10(15)6-18-4-3-11(16)17/h1-2,5H,3-4,6H2,(H,14,15)(H,16,17). The van der Waals surface area contributed by atoms with Gasteiger partial charge in [0.1, 0.15) is 5.82 Å². The first-order valence-electron chi connectivity index (χ1n) is 5.03. The van der Waals surface area contributed by atoms with E-state index in [0.29, 0.717) is 11.4 Å². The first-order chi connectivity index (χ1) is 8.49. The van der Waals surface area contributed by atoms with Crippen LogP contribution in [-0.2, 0) is 9.59 Å². The van der Waals surface area contributed by atoms with Crippen LogP contribution in [0.15, 0.2) is 18.2 Å². The number of anilines is 1. The zero-order valence-electron chi connectivity index (χ0n) is 9.28. The molecule has 0 aromatic heterocycles. The molecule has 0 aliphatic rings. The second-order valence-corrected chi connectivity index (χ2v) is 4.88. The third kappa shape index (κ3) is 5.37. The van der Waals surface area contributed by atoms with E-state index in [4.69, 9.17) is 16.7 Å². The zero-order chi connectivity index (χ0) is 13.5. The van der Waals surface area contributed by atoms with Crippen molar-refractivity contribution in [3.8, 4) is 0 Å². The second kappa shape index (κ2) is 7.23. The van der Waals surface area contributed by atoms with Crippen LogP contribution in [0.3, 0.4) is 0 Å². The fourth-order valence-corrected chi connectivity index (χ4v) is 2.04. The molecule has 7 heteroatoms. The summed E-state index contributed by atoms with van der Waals surface area (Å²) in [6, 6.07) is 3.67. The van der Waals surface area contributed by atoms with E-state index in [1.54, 1.807) is 0 Å². The van der Waals surface area contributed by atoms with Crippen LogP contribution in [0.1, 0.15) is 6.42 Å². The molecule has 4 nitrogen and oxygen atoms in total. The summed E-state index contributed by atoms with van der Waals surface area (Å²) in [4.78, 5) is 21.7. The third-order valence-electron chi connectivity index (χ3n) is 1.90. The van der Waals surface area contributed by atoms with Crippen molar-refractivity contribution < 1.29 is 19.1 Å². The first kappa shape index (κ1) is 14.8. The maximum Gasteiger partial charge on any atom is 0.304 e. The van der Waals surface area contributed by atoms with E-state index >= 15 is 0 Å². The number of aliphatic carboxylic acids is 1. The van der Waals surface area contributed by atoms with Crippen LogP contribution in [0.2, 0.25) is 5.02 Å². The molecule has 0 heterocycles. The van der Waals surface area contributed by atoms with Crippen LogP contribution in [-0.4, -0.2) is 28.5 Å². The van der Waals surface area contributed by atoms with E-state index in [2.05, 4.69) is 5.32 Å². The summed E-state index contributed by atoms with van der Waals surface area (Å²) in [7, 11) is 0. The van der Waals surface area contributed by atoms with Gasteiger partial charge in [0.25, 0.3) is 0 Å². The topological polar surface area (TPSA) is 66.4 Å². The molecule has 0 atom stereocenters. The molecule has 18 heavy (non-hydrogen) atoms. The number of nitrogens with one attached hydrogen (secondary N) is 1. The van der Waals surface area contributed by atoms with Gasteiger partial charge in [-0.3, -0.25) is 9.59 Å². The molecular weight excluding hydrogens is 281 g/mol.